The molecule has 1 unspecified atom stereocenters. The summed E-state index contributed by atoms with van der Waals surface area (Å²) in [5.41, 5.74) is 0.0666. The number of anilines is 1. The molecule has 1 heterocycles. The first-order chi connectivity index (χ1) is 9.88. The van der Waals surface area contributed by atoms with Crippen LogP contribution in [0.4, 0.5) is 19.3 Å². The van der Waals surface area contributed by atoms with Gasteiger partial charge in [-0.2, -0.15) is 0 Å². The predicted molar refractivity (Wildman–Crippen MR) is 78.2 cm³/mol. The highest BCUT2D eigenvalue weighted by Crippen LogP contribution is 2.29. The number of piperidine rings is 1. The van der Waals surface area contributed by atoms with Gasteiger partial charge in [-0.05, 0) is 36.9 Å². The summed E-state index contributed by atoms with van der Waals surface area (Å²) in [5, 5.41) is 8.49. The van der Waals surface area contributed by atoms with E-state index in [2.05, 4.69) is 29.8 Å². The Kier molecular flexibility index (Phi) is 4.77. The lowest BCUT2D eigenvalue weighted by Crippen LogP contribution is -2.53. The van der Waals surface area contributed by atoms with Crippen LogP contribution in [0.2, 0.25) is 0 Å². The number of halogens is 2. The number of nitrogens with one attached hydrogen (secondary N) is 3. The zero-order chi connectivity index (χ0) is 15.5. The van der Waals surface area contributed by atoms with E-state index in [-0.39, 0.29) is 17.1 Å². The smallest absolute Gasteiger partial charge is 0.319 e. The Labute approximate surface area is 123 Å². The number of carbonyl (C=O) groups excluding carboxylic acids is 1. The minimum atomic E-state index is -0.790. The monoisotopic (exact) mass is 297 g/mol. The maximum absolute atomic E-state index is 13.4. The van der Waals surface area contributed by atoms with Crippen molar-refractivity contribution in [2.75, 3.05) is 18.4 Å². The molecule has 1 aromatic carbocycles. The van der Waals surface area contributed by atoms with Crippen LogP contribution in [-0.4, -0.2) is 25.2 Å². The molecule has 1 aliphatic rings. The lowest BCUT2D eigenvalue weighted by atomic mass is 9.77. The SMILES string of the molecule is CC1(C)CCCNC1CNC(=O)Nc1ccc(F)cc1F. The van der Waals surface area contributed by atoms with Gasteiger partial charge in [0.2, 0.25) is 0 Å². The van der Waals surface area contributed by atoms with E-state index in [1.165, 1.54) is 6.07 Å². The van der Waals surface area contributed by atoms with Gasteiger partial charge >= 0.3 is 6.03 Å². The summed E-state index contributed by atoms with van der Waals surface area (Å²) in [6, 6.07) is 2.72. The fourth-order valence-electron chi connectivity index (χ4n) is 2.57. The Morgan fingerprint density at radius 3 is 2.86 bits per heavy atom. The van der Waals surface area contributed by atoms with E-state index >= 15 is 0 Å². The molecule has 0 radical (unpaired) electrons. The van der Waals surface area contributed by atoms with Crippen LogP contribution in [0, 0.1) is 17.0 Å². The first kappa shape index (κ1) is 15.7. The number of rotatable bonds is 3. The number of benzene rings is 1. The fourth-order valence-corrected chi connectivity index (χ4v) is 2.57. The van der Waals surface area contributed by atoms with E-state index in [9.17, 15) is 13.6 Å². The minimum absolute atomic E-state index is 0.0373. The molecule has 3 N–H and O–H groups in total. The highest BCUT2D eigenvalue weighted by Gasteiger charge is 2.31. The van der Waals surface area contributed by atoms with Crippen molar-refractivity contribution in [3.8, 4) is 0 Å². The first-order valence-electron chi connectivity index (χ1n) is 7.12. The summed E-state index contributed by atoms with van der Waals surface area (Å²) < 4.78 is 26.2. The summed E-state index contributed by atoms with van der Waals surface area (Å²) in [5.74, 6) is -1.46. The van der Waals surface area contributed by atoms with Crippen LogP contribution in [0.1, 0.15) is 26.7 Å². The van der Waals surface area contributed by atoms with Crippen molar-refractivity contribution in [3.05, 3.63) is 29.8 Å². The second kappa shape index (κ2) is 6.39. The molecule has 0 bridgehead atoms. The van der Waals surface area contributed by atoms with Gasteiger partial charge in [-0.15, -0.1) is 0 Å². The maximum Gasteiger partial charge on any atom is 0.319 e. The van der Waals surface area contributed by atoms with Crippen LogP contribution in [0.25, 0.3) is 0 Å². The van der Waals surface area contributed by atoms with Crippen LogP contribution >= 0.6 is 0 Å². The van der Waals surface area contributed by atoms with E-state index in [1.807, 2.05) is 0 Å². The van der Waals surface area contributed by atoms with Crippen molar-refractivity contribution in [2.45, 2.75) is 32.7 Å². The topological polar surface area (TPSA) is 53.2 Å². The van der Waals surface area contributed by atoms with Gasteiger partial charge in [-0.1, -0.05) is 13.8 Å². The summed E-state index contributed by atoms with van der Waals surface area (Å²) in [6.07, 6.45) is 2.22. The molecule has 0 spiro atoms. The van der Waals surface area contributed by atoms with Gasteiger partial charge in [0, 0.05) is 18.7 Å². The van der Waals surface area contributed by atoms with E-state index < -0.39 is 17.7 Å². The fraction of sp³-hybridized carbons (Fsp3) is 0.533. The number of carbonyl (C=O) groups is 1. The van der Waals surface area contributed by atoms with Crippen molar-refractivity contribution in [2.24, 2.45) is 5.41 Å². The number of hydrogen-bond donors (Lipinski definition) is 3. The van der Waals surface area contributed by atoms with Crippen LogP contribution in [0.3, 0.4) is 0 Å². The third-order valence-electron chi connectivity index (χ3n) is 3.98. The Morgan fingerprint density at radius 1 is 1.43 bits per heavy atom. The summed E-state index contributed by atoms with van der Waals surface area (Å²) in [6.45, 7) is 5.71. The van der Waals surface area contributed by atoms with Crippen molar-refractivity contribution < 1.29 is 13.6 Å². The molecular formula is C15H21F2N3O. The predicted octanol–water partition coefficient (Wildman–Crippen LogP) is 2.86. The van der Waals surface area contributed by atoms with Crippen molar-refractivity contribution in [1.29, 1.82) is 0 Å². The molecule has 1 aliphatic heterocycles. The Morgan fingerprint density at radius 2 is 2.19 bits per heavy atom. The molecule has 0 aromatic heterocycles. The highest BCUT2D eigenvalue weighted by molar-refractivity contribution is 5.89. The van der Waals surface area contributed by atoms with Gasteiger partial charge in [0.15, 0.2) is 0 Å². The second-order valence-corrected chi connectivity index (χ2v) is 6.06. The van der Waals surface area contributed by atoms with Crippen molar-refractivity contribution in [3.63, 3.8) is 0 Å². The zero-order valence-electron chi connectivity index (χ0n) is 12.3. The van der Waals surface area contributed by atoms with E-state index in [0.29, 0.717) is 6.54 Å². The van der Waals surface area contributed by atoms with Crippen LogP contribution < -0.4 is 16.0 Å². The molecule has 1 atom stereocenters. The van der Waals surface area contributed by atoms with Crippen LogP contribution in [-0.2, 0) is 0 Å². The maximum atomic E-state index is 13.4. The van der Waals surface area contributed by atoms with Gasteiger partial charge in [-0.3, -0.25) is 0 Å². The molecule has 2 amide bonds. The van der Waals surface area contributed by atoms with Crippen LogP contribution in [0.15, 0.2) is 18.2 Å². The number of urea groups is 1. The second-order valence-electron chi connectivity index (χ2n) is 6.06. The third kappa shape index (κ3) is 4.14. The van der Waals surface area contributed by atoms with E-state index in [1.54, 1.807) is 0 Å². The van der Waals surface area contributed by atoms with E-state index in [4.69, 9.17) is 0 Å². The minimum Gasteiger partial charge on any atom is -0.336 e. The van der Waals surface area contributed by atoms with E-state index in [0.717, 1.165) is 31.5 Å². The largest absolute Gasteiger partial charge is 0.336 e. The molecule has 0 aliphatic carbocycles. The van der Waals surface area contributed by atoms with Crippen LogP contribution in [0.5, 0.6) is 0 Å². The Bertz CT molecular complexity index is 520. The average molecular weight is 297 g/mol. The van der Waals surface area contributed by atoms with Gasteiger partial charge < -0.3 is 16.0 Å². The molecular weight excluding hydrogens is 276 g/mol. The normalized spacial score (nSPS) is 20.9. The number of amides is 2. The summed E-state index contributed by atoms with van der Waals surface area (Å²) in [4.78, 5) is 11.8. The van der Waals surface area contributed by atoms with Crippen molar-refractivity contribution >= 4 is 11.7 Å². The summed E-state index contributed by atoms with van der Waals surface area (Å²) >= 11 is 0. The molecule has 116 valence electrons. The highest BCUT2D eigenvalue weighted by atomic mass is 19.1. The zero-order valence-corrected chi connectivity index (χ0v) is 12.3. The Balaban J connectivity index is 1.87. The quantitative estimate of drug-likeness (QED) is 0.803. The molecule has 6 heteroatoms. The average Bonchev–Trinajstić information content (AvgIpc) is 2.40. The van der Waals surface area contributed by atoms with Gasteiger partial charge in [-0.25, -0.2) is 13.6 Å². The van der Waals surface area contributed by atoms with Gasteiger partial charge in [0.25, 0.3) is 0 Å². The molecule has 1 aromatic rings. The molecule has 21 heavy (non-hydrogen) atoms. The molecule has 4 nitrogen and oxygen atoms in total. The Hall–Kier alpha value is -1.69. The molecule has 2 rings (SSSR count). The molecule has 0 saturated carbocycles. The number of hydrogen-bond acceptors (Lipinski definition) is 2. The van der Waals surface area contributed by atoms with Crippen molar-refractivity contribution in [1.82, 2.24) is 10.6 Å². The lowest BCUT2D eigenvalue weighted by Gasteiger charge is -2.39. The van der Waals surface area contributed by atoms with Gasteiger partial charge in [0.05, 0.1) is 5.69 Å². The third-order valence-corrected chi connectivity index (χ3v) is 3.98. The molecule has 1 fully saturated rings. The lowest BCUT2D eigenvalue weighted by molar-refractivity contribution is 0.177. The summed E-state index contributed by atoms with van der Waals surface area (Å²) in [7, 11) is 0. The standard InChI is InChI=1S/C15H21F2N3O/c1-15(2)6-3-7-18-13(15)9-19-14(21)20-12-5-4-10(16)8-11(12)17/h4-5,8,13,18H,3,6-7,9H2,1-2H3,(H2,19,20,21). The molecule has 1 saturated heterocycles. The van der Waals surface area contributed by atoms with Gasteiger partial charge in [0.1, 0.15) is 11.6 Å². The first-order valence-corrected chi connectivity index (χ1v) is 7.12.